The van der Waals surface area contributed by atoms with Crippen molar-refractivity contribution in [3.8, 4) is 12.3 Å². The lowest BCUT2D eigenvalue weighted by molar-refractivity contribution is -0.139. The summed E-state index contributed by atoms with van der Waals surface area (Å²) in [6.45, 7) is 0.680. The standard InChI is InChI=1S/C20H18N2O4/c1-2-11-21(14-17-4-3-12-26-17)20(25)16-7-5-15(6-8-16)13-22-18(23)9-10-19(22)24/h1,3-8,12H,9-11,13-14H2. The monoisotopic (exact) mass is 350 g/mol. The zero-order valence-corrected chi connectivity index (χ0v) is 14.2. The van der Waals surface area contributed by atoms with E-state index in [1.54, 1.807) is 42.7 Å². The molecule has 6 heteroatoms. The molecule has 0 N–H and O–H groups in total. The molecule has 3 rings (SSSR count). The zero-order valence-electron chi connectivity index (χ0n) is 14.2. The highest BCUT2D eigenvalue weighted by molar-refractivity contribution is 6.01. The minimum Gasteiger partial charge on any atom is -0.467 e. The Bertz CT molecular complexity index is 831. The summed E-state index contributed by atoms with van der Waals surface area (Å²) in [6, 6.07) is 10.4. The summed E-state index contributed by atoms with van der Waals surface area (Å²) in [4.78, 5) is 38.8. The minimum atomic E-state index is -0.209. The number of carbonyl (C=O) groups is 3. The van der Waals surface area contributed by atoms with Crippen molar-refractivity contribution in [2.75, 3.05) is 6.54 Å². The Morgan fingerprint density at radius 3 is 2.42 bits per heavy atom. The number of terminal acetylenes is 1. The van der Waals surface area contributed by atoms with E-state index in [9.17, 15) is 14.4 Å². The smallest absolute Gasteiger partial charge is 0.255 e. The van der Waals surface area contributed by atoms with Crippen LogP contribution < -0.4 is 0 Å². The van der Waals surface area contributed by atoms with Gasteiger partial charge in [0.1, 0.15) is 5.76 Å². The Kier molecular flexibility index (Phi) is 5.18. The Morgan fingerprint density at radius 2 is 1.85 bits per heavy atom. The first-order valence-electron chi connectivity index (χ1n) is 8.25. The predicted molar refractivity (Wildman–Crippen MR) is 93.5 cm³/mol. The third kappa shape index (κ3) is 3.83. The van der Waals surface area contributed by atoms with Gasteiger partial charge in [0.2, 0.25) is 11.8 Å². The Labute approximate surface area is 151 Å². The molecule has 2 aromatic rings. The molecule has 1 saturated heterocycles. The molecule has 0 spiro atoms. The Balaban J connectivity index is 1.70. The van der Waals surface area contributed by atoms with Gasteiger partial charge in [-0.05, 0) is 29.8 Å². The van der Waals surface area contributed by atoms with Gasteiger partial charge in [0, 0.05) is 18.4 Å². The Hall–Kier alpha value is -3.33. The molecule has 1 aromatic heterocycles. The van der Waals surface area contributed by atoms with Crippen molar-refractivity contribution in [2.45, 2.75) is 25.9 Å². The van der Waals surface area contributed by atoms with Crippen molar-refractivity contribution in [2.24, 2.45) is 0 Å². The number of imide groups is 1. The normalized spacial score (nSPS) is 13.7. The highest BCUT2D eigenvalue weighted by atomic mass is 16.3. The average molecular weight is 350 g/mol. The first-order chi connectivity index (χ1) is 12.6. The topological polar surface area (TPSA) is 70.8 Å². The van der Waals surface area contributed by atoms with Crippen LogP contribution in [0.3, 0.4) is 0 Å². The second-order valence-electron chi connectivity index (χ2n) is 6.02. The van der Waals surface area contributed by atoms with Gasteiger partial charge in [-0.3, -0.25) is 19.3 Å². The summed E-state index contributed by atoms with van der Waals surface area (Å²) in [5.41, 5.74) is 1.27. The molecule has 0 unspecified atom stereocenters. The highest BCUT2D eigenvalue weighted by Crippen LogP contribution is 2.17. The van der Waals surface area contributed by atoms with E-state index in [0.717, 1.165) is 5.56 Å². The molecular weight excluding hydrogens is 332 g/mol. The number of benzene rings is 1. The van der Waals surface area contributed by atoms with E-state index in [-0.39, 0.29) is 50.2 Å². The van der Waals surface area contributed by atoms with Crippen LogP contribution in [0.2, 0.25) is 0 Å². The highest BCUT2D eigenvalue weighted by Gasteiger charge is 2.28. The van der Waals surface area contributed by atoms with Gasteiger partial charge in [-0.25, -0.2) is 0 Å². The lowest BCUT2D eigenvalue weighted by atomic mass is 10.1. The molecule has 1 aliphatic rings. The summed E-state index contributed by atoms with van der Waals surface area (Å²) in [7, 11) is 0. The van der Waals surface area contributed by atoms with Gasteiger partial charge >= 0.3 is 0 Å². The van der Waals surface area contributed by atoms with Crippen LogP contribution in [-0.4, -0.2) is 34.1 Å². The average Bonchev–Trinajstić information content (AvgIpc) is 3.27. The van der Waals surface area contributed by atoms with Gasteiger partial charge in [-0.1, -0.05) is 18.1 Å². The van der Waals surface area contributed by atoms with E-state index in [2.05, 4.69) is 5.92 Å². The van der Waals surface area contributed by atoms with Gasteiger partial charge in [-0.15, -0.1) is 6.42 Å². The van der Waals surface area contributed by atoms with Gasteiger partial charge in [0.15, 0.2) is 0 Å². The number of carbonyl (C=O) groups excluding carboxylic acids is 3. The maximum absolute atomic E-state index is 12.7. The van der Waals surface area contributed by atoms with Crippen LogP contribution in [0.25, 0.3) is 0 Å². The number of nitrogens with zero attached hydrogens (tertiary/aromatic N) is 2. The SMILES string of the molecule is C#CCN(Cc1ccco1)C(=O)c1ccc(CN2C(=O)CCC2=O)cc1. The van der Waals surface area contributed by atoms with Crippen molar-refractivity contribution in [1.29, 1.82) is 0 Å². The number of amides is 3. The van der Waals surface area contributed by atoms with Gasteiger partial charge in [-0.2, -0.15) is 0 Å². The van der Waals surface area contributed by atoms with E-state index in [4.69, 9.17) is 10.8 Å². The van der Waals surface area contributed by atoms with E-state index in [0.29, 0.717) is 11.3 Å². The van der Waals surface area contributed by atoms with Crippen LogP contribution in [0.15, 0.2) is 47.1 Å². The van der Waals surface area contributed by atoms with Crippen molar-refractivity contribution >= 4 is 17.7 Å². The fourth-order valence-corrected chi connectivity index (χ4v) is 2.82. The first kappa shape index (κ1) is 17.5. The molecule has 1 fully saturated rings. The van der Waals surface area contributed by atoms with Crippen LogP contribution in [0.5, 0.6) is 0 Å². The number of rotatable bonds is 6. The Morgan fingerprint density at radius 1 is 1.15 bits per heavy atom. The molecule has 0 atom stereocenters. The molecule has 0 radical (unpaired) electrons. The summed E-state index contributed by atoms with van der Waals surface area (Å²) in [5, 5.41) is 0. The summed E-state index contributed by atoms with van der Waals surface area (Å²) in [6.07, 6.45) is 7.45. The minimum absolute atomic E-state index is 0.159. The van der Waals surface area contributed by atoms with Crippen LogP contribution in [0.4, 0.5) is 0 Å². The number of hydrogen-bond acceptors (Lipinski definition) is 4. The molecule has 26 heavy (non-hydrogen) atoms. The molecule has 2 heterocycles. The fraction of sp³-hybridized carbons (Fsp3) is 0.250. The molecule has 132 valence electrons. The number of furan rings is 1. The second-order valence-corrected chi connectivity index (χ2v) is 6.02. The molecule has 3 amide bonds. The second kappa shape index (κ2) is 7.70. The predicted octanol–water partition coefficient (Wildman–Crippen LogP) is 2.20. The van der Waals surface area contributed by atoms with Crippen LogP contribution >= 0.6 is 0 Å². The number of likely N-dealkylation sites (tertiary alicyclic amines) is 1. The van der Waals surface area contributed by atoms with E-state index < -0.39 is 0 Å². The van der Waals surface area contributed by atoms with Crippen LogP contribution in [0.1, 0.15) is 34.5 Å². The van der Waals surface area contributed by atoms with Gasteiger partial charge < -0.3 is 9.32 Å². The van der Waals surface area contributed by atoms with Crippen LogP contribution in [0, 0.1) is 12.3 Å². The maximum Gasteiger partial charge on any atom is 0.255 e. The third-order valence-electron chi connectivity index (χ3n) is 4.19. The first-order valence-corrected chi connectivity index (χ1v) is 8.25. The van der Waals surface area contributed by atoms with Crippen molar-refractivity contribution in [3.05, 3.63) is 59.5 Å². The molecule has 6 nitrogen and oxygen atoms in total. The molecule has 1 aromatic carbocycles. The molecule has 0 aliphatic carbocycles. The molecular formula is C20H18N2O4. The van der Waals surface area contributed by atoms with Gasteiger partial charge in [0.25, 0.3) is 5.91 Å². The van der Waals surface area contributed by atoms with E-state index >= 15 is 0 Å². The lowest BCUT2D eigenvalue weighted by Crippen LogP contribution is -2.31. The lowest BCUT2D eigenvalue weighted by Gasteiger charge is -2.19. The molecule has 1 aliphatic heterocycles. The summed E-state index contributed by atoms with van der Waals surface area (Å²) >= 11 is 0. The van der Waals surface area contributed by atoms with Crippen molar-refractivity contribution in [3.63, 3.8) is 0 Å². The largest absolute Gasteiger partial charge is 0.467 e. The maximum atomic E-state index is 12.7. The van der Waals surface area contributed by atoms with Crippen LogP contribution in [-0.2, 0) is 22.7 Å². The summed E-state index contributed by atoms with van der Waals surface area (Å²) in [5.74, 6) is 2.61. The van der Waals surface area contributed by atoms with E-state index in [1.807, 2.05) is 0 Å². The summed E-state index contributed by atoms with van der Waals surface area (Å²) < 4.78 is 5.28. The van der Waals surface area contributed by atoms with Gasteiger partial charge in [0.05, 0.1) is 25.9 Å². The number of hydrogen-bond donors (Lipinski definition) is 0. The molecule has 0 saturated carbocycles. The molecule has 0 bridgehead atoms. The van der Waals surface area contributed by atoms with E-state index in [1.165, 1.54) is 9.80 Å². The van der Waals surface area contributed by atoms with Crippen molar-refractivity contribution < 1.29 is 18.8 Å². The fourth-order valence-electron chi connectivity index (χ4n) is 2.82. The zero-order chi connectivity index (χ0) is 18.5. The third-order valence-corrected chi connectivity index (χ3v) is 4.19. The van der Waals surface area contributed by atoms with Crippen molar-refractivity contribution in [1.82, 2.24) is 9.80 Å². The quantitative estimate of drug-likeness (QED) is 0.591.